The minimum absolute atomic E-state index is 0.0815. The highest BCUT2D eigenvalue weighted by Gasteiger charge is 2.24. The van der Waals surface area contributed by atoms with Gasteiger partial charge in [-0.15, -0.1) is 0 Å². The molecular formula is C19H17FO2. The zero-order valence-corrected chi connectivity index (χ0v) is 12.4. The second kappa shape index (κ2) is 6.14. The second-order valence-corrected chi connectivity index (χ2v) is 5.49. The first-order valence-electron chi connectivity index (χ1n) is 7.29. The largest absolute Gasteiger partial charge is 0.496 e. The van der Waals surface area contributed by atoms with Gasteiger partial charge in [0.25, 0.3) is 0 Å². The van der Waals surface area contributed by atoms with Crippen LogP contribution in [0, 0.1) is 5.82 Å². The van der Waals surface area contributed by atoms with E-state index in [4.69, 9.17) is 4.74 Å². The van der Waals surface area contributed by atoms with Crippen molar-refractivity contribution in [2.45, 2.75) is 18.8 Å². The Labute approximate surface area is 129 Å². The lowest BCUT2D eigenvalue weighted by Gasteiger charge is -2.23. The highest BCUT2D eigenvalue weighted by atomic mass is 19.1. The van der Waals surface area contributed by atoms with Crippen molar-refractivity contribution in [3.8, 4) is 5.75 Å². The number of ether oxygens (including phenoxy) is 1. The monoisotopic (exact) mass is 296 g/mol. The molecule has 0 saturated carbocycles. The number of hydrogen-bond acceptors (Lipinski definition) is 2. The summed E-state index contributed by atoms with van der Waals surface area (Å²) in [5.41, 5.74) is 2.92. The third-order valence-electron chi connectivity index (χ3n) is 4.04. The maximum Gasteiger partial charge on any atom is 0.156 e. The van der Waals surface area contributed by atoms with Crippen LogP contribution in [0.5, 0.6) is 5.75 Å². The zero-order chi connectivity index (χ0) is 15.5. The number of hydrogen-bond donors (Lipinski definition) is 0. The quantitative estimate of drug-likeness (QED) is 0.841. The minimum atomic E-state index is -0.258. The Kier molecular flexibility index (Phi) is 4.05. The Morgan fingerprint density at radius 3 is 2.50 bits per heavy atom. The first kappa shape index (κ1) is 14.5. The highest BCUT2D eigenvalue weighted by molar-refractivity contribution is 5.99. The predicted molar refractivity (Wildman–Crippen MR) is 84.4 cm³/mol. The molecule has 1 aliphatic rings. The van der Waals surface area contributed by atoms with Crippen LogP contribution in [0.15, 0.2) is 54.6 Å². The lowest BCUT2D eigenvalue weighted by Crippen LogP contribution is -2.12. The number of carbonyl (C=O) groups is 1. The van der Waals surface area contributed by atoms with E-state index in [1.807, 2.05) is 24.3 Å². The van der Waals surface area contributed by atoms with Gasteiger partial charge in [-0.05, 0) is 47.8 Å². The molecule has 112 valence electrons. The van der Waals surface area contributed by atoms with Gasteiger partial charge in [0.15, 0.2) is 5.78 Å². The molecule has 0 N–H and O–H groups in total. The molecule has 2 aromatic rings. The predicted octanol–water partition coefficient (Wildman–Crippen LogP) is 4.36. The van der Waals surface area contributed by atoms with E-state index in [-0.39, 0.29) is 17.5 Å². The molecule has 0 amide bonds. The average Bonchev–Trinajstić information content (AvgIpc) is 2.55. The van der Waals surface area contributed by atoms with Gasteiger partial charge in [0, 0.05) is 12.0 Å². The molecule has 3 rings (SSSR count). The summed E-state index contributed by atoms with van der Waals surface area (Å²) in [5, 5.41) is 0. The summed E-state index contributed by atoms with van der Waals surface area (Å²) in [5.74, 6) is 0.687. The van der Waals surface area contributed by atoms with Crippen LogP contribution in [0.25, 0.3) is 5.57 Å². The molecular weight excluding hydrogens is 279 g/mol. The Bertz CT molecular complexity index is 716. The van der Waals surface area contributed by atoms with Crippen molar-refractivity contribution in [2.75, 3.05) is 7.11 Å². The molecule has 0 aromatic heterocycles. The summed E-state index contributed by atoms with van der Waals surface area (Å²) in [6.45, 7) is 0. The molecule has 1 atom stereocenters. The van der Waals surface area contributed by atoms with Crippen molar-refractivity contribution in [3.05, 3.63) is 71.6 Å². The van der Waals surface area contributed by atoms with Crippen LogP contribution in [0.3, 0.4) is 0 Å². The molecule has 0 saturated heterocycles. The first-order valence-corrected chi connectivity index (χ1v) is 7.29. The van der Waals surface area contributed by atoms with Gasteiger partial charge in [-0.25, -0.2) is 4.39 Å². The average molecular weight is 296 g/mol. The lowest BCUT2D eigenvalue weighted by molar-refractivity contribution is -0.115. The molecule has 1 aliphatic carbocycles. The van der Waals surface area contributed by atoms with Gasteiger partial charge in [0.2, 0.25) is 0 Å². The van der Waals surface area contributed by atoms with E-state index in [0.717, 1.165) is 28.9 Å². The summed E-state index contributed by atoms with van der Waals surface area (Å²) < 4.78 is 18.5. The zero-order valence-electron chi connectivity index (χ0n) is 12.4. The van der Waals surface area contributed by atoms with Crippen LogP contribution in [0.2, 0.25) is 0 Å². The van der Waals surface area contributed by atoms with Gasteiger partial charge < -0.3 is 4.74 Å². The van der Waals surface area contributed by atoms with E-state index >= 15 is 0 Å². The van der Waals surface area contributed by atoms with Gasteiger partial charge in [-0.2, -0.15) is 0 Å². The molecule has 0 unspecified atom stereocenters. The molecule has 0 heterocycles. The van der Waals surface area contributed by atoms with Crippen LogP contribution in [0.4, 0.5) is 4.39 Å². The molecule has 2 nitrogen and oxygen atoms in total. The molecule has 0 aliphatic heterocycles. The Morgan fingerprint density at radius 1 is 1.05 bits per heavy atom. The van der Waals surface area contributed by atoms with Crippen LogP contribution >= 0.6 is 0 Å². The Balaban J connectivity index is 1.93. The number of para-hydroxylation sites is 1. The summed E-state index contributed by atoms with van der Waals surface area (Å²) in [4.78, 5) is 12.1. The number of benzene rings is 2. The third-order valence-corrected chi connectivity index (χ3v) is 4.04. The van der Waals surface area contributed by atoms with E-state index in [9.17, 15) is 9.18 Å². The van der Waals surface area contributed by atoms with E-state index in [1.165, 1.54) is 12.1 Å². The van der Waals surface area contributed by atoms with Crippen molar-refractivity contribution in [3.63, 3.8) is 0 Å². The highest BCUT2D eigenvalue weighted by Crippen LogP contribution is 2.38. The Hall–Kier alpha value is -2.42. The number of carbonyl (C=O) groups excluding carboxylic acids is 1. The third kappa shape index (κ3) is 2.93. The van der Waals surface area contributed by atoms with Crippen molar-refractivity contribution in [1.29, 1.82) is 0 Å². The Morgan fingerprint density at radius 2 is 1.77 bits per heavy atom. The number of rotatable bonds is 3. The lowest BCUT2D eigenvalue weighted by atomic mass is 9.81. The molecule has 0 radical (unpaired) electrons. The summed E-state index contributed by atoms with van der Waals surface area (Å²) >= 11 is 0. The summed E-state index contributed by atoms with van der Waals surface area (Å²) in [6, 6.07) is 14.1. The molecule has 3 heteroatoms. The number of methoxy groups -OCH3 is 1. The van der Waals surface area contributed by atoms with Crippen LogP contribution < -0.4 is 4.74 Å². The van der Waals surface area contributed by atoms with Crippen molar-refractivity contribution >= 4 is 11.4 Å². The fraction of sp³-hybridized carbons (Fsp3) is 0.211. The van der Waals surface area contributed by atoms with E-state index in [0.29, 0.717) is 6.42 Å². The molecule has 22 heavy (non-hydrogen) atoms. The maximum absolute atomic E-state index is 13.1. The topological polar surface area (TPSA) is 26.3 Å². The SMILES string of the molecule is COc1ccccc1C1=CC(=O)C[C@H](c2ccc(F)cc2)C1. The molecule has 2 aromatic carbocycles. The van der Waals surface area contributed by atoms with Crippen LogP contribution in [0.1, 0.15) is 29.9 Å². The maximum atomic E-state index is 13.1. The van der Waals surface area contributed by atoms with Gasteiger partial charge in [-0.1, -0.05) is 30.3 Å². The van der Waals surface area contributed by atoms with Crippen molar-refractivity contribution < 1.29 is 13.9 Å². The summed E-state index contributed by atoms with van der Waals surface area (Å²) in [6.07, 6.45) is 2.92. The van der Waals surface area contributed by atoms with Gasteiger partial charge >= 0.3 is 0 Å². The van der Waals surface area contributed by atoms with Crippen molar-refractivity contribution in [1.82, 2.24) is 0 Å². The number of halogens is 1. The smallest absolute Gasteiger partial charge is 0.156 e. The number of allylic oxidation sites excluding steroid dienone is 2. The van der Waals surface area contributed by atoms with Crippen molar-refractivity contribution in [2.24, 2.45) is 0 Å². The normalized spacial score (nSPS) is 18.0. The molecule has 0 bridgehead atoms. The van der Waals surface area contributed by atoms with Crippen LogP contribution in [-0.4, -0.2) is 12.9 Å². The van der Waals surface area contributed by atoms with E-state index in [2.05, 4.69) is 0 Å². The fourth-order valence-corrected chi connectivity index (χ4v) is 2.96. The molecule has 0 spiro atoms. The van der Waals surface area contributed by atoms with Gasteiger partial charge in [0.1, 0.15) is 11.6 Å². The van der Waals surface area contributed by atoms with Gasteiger partial charge in [0.05, 0.1) is 7.11 Å². The minimum Gasteiger partial charge on any atom is -0.496 e. The van der Waals surface area contributed by atoms with E-state index < -0.39 is 0 Å². The number of ketones is 1. The summed E-state index contributed by atoms with van der Waals surface area (Å²) in [7, 11) is 1.63. The van der Waals surface area contributed by atoms with Gasteiger partial charge in [-0.3, -0.25) is 4.79 Å². The van der Waals surface area contributed by atoms with E-state index in [1.54, 1.807) is 25.3 Å². The second-order valence-electron chi connectivity index (χ2n) is 5.49. The fourth-order valence-electron chi connectivity index (χ4n) is 2.96. The van der Waals surface area contributed by atoms with Crippen LogP contribution in [-0.2, 0) is 4.79 Å². The first-order chi connectivity index (χ1) is 10.7. The molecule has 0 fully saturated rings. The standard InChI is InChI=1S/C19H17FO2/c1-22-19-5-3-2-4-18(19)15-10-14(11-17(21)12-15)13-6-8-16(20)9-7-13/h2-9,12,14H,10-11H2,1H3/t14-/m1/s1.